The summed E-state index contributed by atoms with van der Waals surface area (Å²) < 4.78 is 34.4. The van der Waals surface area contributed by atoms with Crippen LogP contribution in [0.3, 0.4) is 0 Å². The molecule has 1 N–H and O–H groups in total. The molecule has 1 aliphatic rings. The van der Waals surface area contributed by atoms with Crippen molar-refractivity contribution in [3.8, 4) is 5.75 Å². The van der Waals surface area contributed by atoms with Crippen LogP contribution in [-0.4, -0.2) is 26.6 Å². The molecule has 2 aromatic carbocycles. The second kappa shape index (κ2) is 6.40. The first-order valence-corrected chi connectivity index (χ1v) is 10.4. The molecule has 0 bridgehead atoms. The van der Waals surface area contributed by atoms with E-state index in [1.54, 1.807) is 29.5 Å². The quantitative estimate of drug-likeness (QED) is 0.744. The molecule has 4 rings (SSSR count). The minimum Gasteiger partial charge on any atom is -0.493 e. The zero-order chi connectivity index (χ0) is 17.4. The lowest BCUT2D eigenvalue weighted by Gasteiger charge is -2.11. The van der Waals surface area contributed by atoms with E-state index in [1.165, 1.54) is 0 Å². The fourth-order valence-electron chi connectivity index (χ4n) is 2.84. The zero-order valence-electron chi connectivity index (χ0n) is 13.7. The Morgan fingerprint density at radius 2 is 2.12 bits per heavy atom. The van der Waals surface area contributed by atoms with Gasteiger partial charge in [0.05, 0.1) is 26.7 Å². The number of benzene rings is 2. The topological polar surface area (TPSA) is 68.3 Å². The molecule has 0 saturated heterocycles. The summed E-state index contributed by atoms with van der Waals surface area (Å²) in [6.45, 7) is 2.91. The van der Waals surface area contributed by atoms with Gasteiger partial charge in [-0.25, -0.2) is 18.1 Å². The summed E-state index contributed by atoms with van der Waals surface area (Å²) in [5, 5.41) is 0.936. The smallest absolute Gasteiger partial charge is 0.240 e. The molecule has 7 heteroatoms. The summed E-state index contributed by atoms with van der Waals surface area (Å²) in [5.41, 5.74) is 1.90. The molecule has 0 aliphatic carbocycles. The second-order valence-corrected chi connectivity index (χ2v) is 8.97. The maximum absolute atomic E-state index is 12.6. The molecule has 5 nitrogen and oxygen atoms in total. The molecule has 0 fully saturated rings. The minimum absolute atomic E-state index is 0.00457. The van der Waals surface area contributed by atoms with E-state index in [2.05, 4.69) is 9.71 Å². The van der Waals surface area contributed by atoms with Gasteiger partial charge in [0.1, 0.15) is 5.75 Å². The maximum Gasteiger partial charge on any atom is 0.240 e. The van der Waals surface area contributed by atoms with Gasteiger partial charge < -0.3 is 4.74 Å². The van der Waals surface area contributed by atoms with Gasteiger partial charge in [0.25, 0.3) is 0 Å². The van der Waals surface area contributed by atoms with Gasteiger partial charge in [0.15, 0.2) is 0 Å². The highest BCUT2D eigenvalue weighted by Gasteiger charge is 2.21. The van der Waals surface area contributed by atoms with Gasteiger partial charge in [0, 0.05) is 18.9 Å². The molecule has 0 radical (unpaired) electrons. The summed E-state index contributed by atoms with van der Waals surface area (Å²) in [7, 11) is -3.54. The van der Waals surface area contributed by atoms with E-state index in [1.807, 2.05) is 31.2 Å². The van der Waals surface area contributed by atoms with Crippen LogP contribution >= 0.6 is 11.3 Å². The predicted octanol–water partition coefficient (Wildman–Crippen LogP) is 3.31. The van der Waals surface area contributed by atoms with Crippen LogP contribution in [0.15, 0.2) is 47.4 Å². The molecule has 1 aliphatic heterocycles. The van der Waals surface area contributed by atoms with Crippen LogP contribution in [0.2, 0.25) is 0 Å². The standard InChI is InChI=1S/C18H18N2O3S2/c1-12(18-20-15-4-2-3-5-17(15)24-18)11-19-25(21,22)14-6-7-16-13(10-14)8-9-23-16/h2-7,10,12,19H,8-9,11H2,1H3/t12-/m1/s1. The molecule has 0 spiro atoms. The van der Waals surface area contributed by atoms with E-state index >= 15 is 0 Å². The monoisotopic (exact) mass is 374 g/mol. The molecule has 2 heterocycles. The van der Waals surface area contributed by atoms with Crippen LogP contribution in [0, 0.1) is 0 Å². The van der Waals surface area contributed by atoms with E-state index < -0.39 is 10.0 Å². The van der Waals surface area contributed by atoms with Crippen LogP contribution in [0.25, 0.3) is 10.2 Å². The predicted molar refractivity (Wildman–Crippen MR) is 98.9 cm³/mol. The molecule has 1 atom stereocenters. The normalized spacial score (nSPS) is 15.1. The molecular weight excluding hydrogens is 356 g/mol. The number of sulfonamides is 1. The molecular formula is C18H18N2O3S2. The number of thiazole rings is 1. The van der Waals surface area contributed by atoms with Crippen molar-refractivity contribution >= 4 is 31.6 Å². The van der Waals surface area contributed by atoms with Crippen molar-refractivity contribution in [3.05, 3.63) is 53.0 Å². The van der Waals surface area contributed by atoms with E-state index in [4.69, 9.17) is 4.74 Å². The lowest BCUT2D eigenvalue weighted by Crippen LogP contribution is -2.27. The third-order valence-electron chi connectivity index (χ3n) is 4.28. The number of para-hydroxylation sites is 1. The first-order valence-electron chi connectivity index (χ1n) is 8.14. The first kappa shape index (κ1) is 16.5. The molecule has 3 aromatic rings. The Labute approximate surface area is 150 Å². The van der Waals surface area contributed by atoms with Crippen molar-refractivity contribution in [1.29, 1.82) is 0 Å². The van der Waals surface area contributed by atoms with E-state index in [9.17, 15) is 8.42 Å². The van der Waals surface area contributed by atoms with E-state index in [0.717, 1.165) is 33.0 Å². The minimum atomic E-state index is -3.54. The fourth-order valence-corrected chi connectivity index (χ4v) is 5.04. The van der Waals surface area contributed by atoms with E-state index in [-0.39, 0.29) is 10.8 Å². The van der Waals surface area contributed by atoms with Gasteiger partial charge in [0.2, 0.25) is 10.0 Å². The largest absolute Gasteiger partial charge is 0.493 e. The van der Waals surface area contributed by atoms with Gasteiger partial charge in [-0.15, -0.1) is 11.3 Å². The number of rotatable bonds is 5. The number of ether oxygens (including phenoxy) is 1. The van der Waals surface area contributed by atoms with Crippen LogP contribution in [0.1, 0.15) is 23.4 Å². The van der Waals surface area contributed by atoms with Crippen LogP contribution < -0.4 is 9.46 Å². The molecule has 1 aromatic heterocycles. The van der Waals surface area contributed by atoms with Crippen LogP contribution in [-0.2, 0) is 16.4 Å². The fraction of sp³-hybridized carbons (Fsp3) is 0.278. The summed E-state index contributed by atoms with van der Waals surface area (Å²) in [6, 6.07) is 13.0. The Morgan fingerprint density at radius 3 is 2.96 bits per heavy atom. The molecule has 0 unspecified atom stereocenters. The van der Waals surface area contributed by atoms with Crippen molar-refractivity contribution in [1.82, 2.24) is 9.71 Å². The Hall–Kier alpha value is -1.96. The van der Waals surface area contributed by atoms with Crippen molar-refractivity contribution in [2.24, 2.45) is 0 Å². The summed E-state index contributed by atoms with van der Waals surface area (Å²) >= 11 is 1.61. The van der Waals surface area contributed by atoms with Crippen LogP contribution in [0.5, 0.6) is 5.75 Å². The van der Waals surface area contributed by atoms with Gasteiger partial charge >= 0.3 is 0 Å². The van der Waals surface area contributed by atoms with Gasteiger partial charge in [-0.1, -0.05) is 19.1 Å². The van der Waals surface area contributed by atoms with Crippen molar-refractivity contribution in [3.63, 3.8) is 0 Å². The highest BCUT2D eigenvalue weighted by Crippen LogP contribution is 2.29. The van der Waals surface area contributed by atoms with Crippen molar-refractivity contribution in [2.45, 2.75) is 24.2 Å². The average Bonchev–Trinajstić information content (AvgIpc) is 3.25. The number of hydrogen-bond acceptors (Lipinski definition) is 5. The zero-order valence-corrected chi connectivity index (χ0v) is 15.4. The van der Waals surface area contributed by atoms with Crippen LogP contribution in [0.4, 0.5) is 0 Å². The molecule has 0 saturated carbocycles. The van der Waals surface area contributed by atoms with Gasteiger partial charge in [-0.2, -0.15) is 0 Å². The molecule has 25 heavy (non-hydrogen) atoms. The third-order valence-corrected chi connectivity index (χ3v) is 6.97. The highest BCUT2D eigenvalue weighted by molar-refractivity contribution is 7.89. The Kier molecular flexibility index (Phi) is 4.23. The Balaban J connectivity index is 1.49. The highest BCUT2D eigenvalue weighted by atomic mass is 32.2. The van der Waals surface area contributed by atoms with Crippen molar-refractivity contribution < 1.29 is 13.2 Å². The number of hydrogen-bond donors (Lipinski definition) is 1. The van der Waals surface area contributed by atoms with Crippen molar-refractivity contribution in [2.75, 3.05) is 13.2 Å². The lowest BCUT2D eigenvalue weighted by molar-refractivity contribution is 0.356. The molecule has 0 amide bonds. The SMILES string of the molecule is C[C@H](CNS(=O)(=O)c1ccc2c(c1)CCO2)c1nc2ccccc2s1. The summed E-state index contributed by atoms with van der Waals surface area (Å²) in [4.78, 5) is 4.89. The summed E-state index contributed by atoms with van der Waals surface area (Å²) in [5.74, 6) is 0.784. The number of nitrogens with zero attached hydrogens (tertiary/aromatic N) is 1. The third kappa shape index (κ3) is 3.27. The maximum atomic E-state index is 12.6. The second-order valence-electron chi connectivity index (χ2n) is 6.14. The van der Waals surface area contributed by atoms with E-state index in [0.29, 0.717) is 13.2 Å². The molecule has 130 valence electrons. The van der Waals surface area contributed by atoms with Gasteiger partial charge in [-0.3, -0.25) is 0 Å². The first-order chi connectivity index (χ1) is 12.0. The number of fused-ring (bicyclic) bond motifs is 2. The van der Waals surface area contributed by atoms with Gasteiger partial charge in [-0.05, 0) is 35.9 Å². The average molecular weight is 374 g/mol. The Morgan fingerprint density at radius 1 is 1.28 bits per heavy atom. The lowest BCUT2D eigenvalue weighted by atomic mass is 10.2. The number of nitrogens with one attached hydrogen (secondary N) is 1. The Bertz CT molecular complexity index is 995. The number of aromatic nitrogens is 1. The summed E-state index contributed by atoms with van der Waals surface area (Å²) in [6.07, 6.45) is 0.751.